The number of hydrogen-bond acceptors (Lipinski definition) is 1. The molecule has 6 heavy (non-hydrogen) atoms. The Morgan fingerprint density at radius 2 is 2.00 bits per heavy atom. The first-order valence-electron chi connectivity index (χ1n) is 1.37. The van der Waals surface area contributed by atoms with Gasteiger partial charge < -0.3 is 17.5 Å². The minimum atomic E-state index is -0.699. The van der Waals surface area contributed by atoms with Gasteiger partial charge in [0.2, 0.25) is 0 Å². The number of aliphatic hydroxyl groups is 1. The summed E-state index contributed by atoms with van der Waals surface area (Å²) in [4.78, 5) is 0. The van der Waals surface area contributed by atoms with Crippen molar-refractivity contribution in [1.29, 1.82) is 0 Å². The first kappa shape index (κ1) is 9.40. The summed E-state index contributed by atoms with van der Waals surface area (Å²) in [5.41, 5.74) is 0. The third-order valence-electron chi connectivity index (χ3n) is 0.209. The Balaban J connectivity index is 0. The Hall–Kier alpha value is 0.0395. The summed E-state index contributed by atoms with van der Waals surface area (Å²) in [7, 11) is 0. The van der Waals surface area contributed by atoms with E-state index in [1.165, 1.54) is 6.92 Å². The van der Waals surface area contributed by atoms with Crippen LogP contribution in [0.15, 0.2) is 0 Å². The van der Waals surface area contributed by atoms with Gasteiger partial charge in [0.05, 0.1) is 6.10 Å². The second-order valence-electron chi connectivity index (χ2n) is 0.820. The van der Waals surface area contributed by atoms with Crippen molar-refractivity contribution in [2.24, 2.45) is 0 Å². The van der Waals surface area contributed by atoms with Gasteiger partial charge in [-0.3, -0.25) is 0 Å². The first-order chi connectivity index (χ1) is 2.27. The normalized spacial score (nSPS) is 10.8. The monoisotopic (exact) mass is 132 g/mol. The van der Waals surface area contributed by atoms with Gasteiger partial charge in [-0.2, -0.15) is 0 Å². The molecule has 1 N–H and O–H groups in total. The Bertz CT molecular complexity index is 53.1. The molecule has 0 fully saturated rings. The quantitative estimate of drug-likeness (QED) is 0.279. The van der Waals surface area contributed by atoms with Crippen LogP contribution in [0.4, 0.5) is 0 Å². The van der Waals surface area contributed by atoms with Crippen molar-refractivity contribution in [1.82, 2.24) is 0 Å². The zero-order valence-corrected chi connectivity index (χ0v) is 4.27. The molecule has 0 rings (SSSR count). The van der Waals surface area contributed by atoms with Gasteiger partial charge in [-0.15, -0.1) is 0 Å². The second kappa shape index (κ2) is 5.04. The SMILES string of the molecule is [C-]#CC(C)O.[Cu+]. The molecule has 0 aromatic heterocycles. The van der Waals surface area contributed by atoms with Crippen LogP contribution in [-0.2, 0) is 17.1 Å². The summed E-state index contributed by atoms with van der Waals surface area (Å²) in [5.74, 6) is 1.83. The largest absolute Gasteiger partial charge is 1.00 e. The molecule has 0 radical (unpaired) electrons. The van der Waals surface area contributed by atoms with E-state index in [4.69, 9.17) is 11.5 Å². The molecule has 38 valence electrons. The van der Waals surface area contributed by atoms with Crippen LogP contribution >= 0.6 is 0 Å². The van der Waals surface area contributed by atoms with Crippen molar-refractivity contribution in [3.63, 3.8) is 0 Å². The Morgan fingerprint density at radius 3 is 2.00 bits per heavy atom. The molecular weight excluding hydrogens is 128 g/mol. The first-order valence-corrected chi connectivity index (χ1v) is 1.37. The predicted octanol–water partition coefficient (Wildman–Crippen LogP) is -0.0455. The van der Waals surface area contributed by atoms with E-state index >= 15 is 0 Å². The maximum Gasteiger partial charge on any atom is 1.00 e. The van der Waals surface area contributed by atoms with Gasteiger partial charge in [-0.1, -0.05) is 0 Å². The van der Waals surface area contributed by atoms with Crippen molar-refractivity contribution >= 4 is 0 Å². The van der Waals surface area contributed by atoms with Crippen LogP contribution < -0.4 is 0 Å². The molecule has 0 heterocycles. The molecule has 0 aromatic rings. The molecule has 0 saturated heterocycles. The molecule has 0 bridgehead atoms. The van der Waals surface area contributed by atoms with Gasteiger partial charge in [0.25, 0.3) is 0 Å². The van der Waals surface area contributed by atoms with Crippen LogP contribution in [0.2, 0.25) is 0 Å². The second-order valence-corrected chi connectivity index (χ2v) is 0.820. The van der Waals surface area contributed by atoms with E-state index in [0.29, 0.717) is 0 Å². The number of hydrogen-bond donors (Lipinski definition) is 1. The van der Waals surface area contributed by atoms with Crippen LogP contribution in [0, 0.1) is 12.3 Å². The Morgan fingerprint density at radius 1 is 1.83 bits per heavy atom. The topological polar surface area (TPSA) is 20.2 Å². The molecule has 1 unspecified atom stereocenters. The van der Waals surface area contributed by atoms with Crippen LogP contribution in [0.5, 0.6) is 0 Å². The zero-order chi connectivity index (χ0) is 4.28. The molecule has 0 spiro atoms. The standard InChI is InChI=1S/C4H5O.Cu/c1-3-4(2)5;/h4-5H,2H3;/q-1;+1. The molecule has 2 heteroatoms. The summed E-state index contributed by atoms with van der Waals surface area (Å²) in [6.45, 7) is 1.48. The molecule has 0 aliphatic carbocycles. The molecule has 0 aromatic carbocycles. The van der Waals surface area contributed by atoms with Crippen molar-refractivity contribution in [3.8, 4) is 5.92 Å². The van der Waals surface area contributed by atoms with E-state index in [0.717, 1.165) is 0 Å². The van der Waals surface area contributed by atoms with E-state index in [1.54, 1.807) is 0 Å². The van der Waals surface area contributed by atoms with Gasteiger partial charge in [0.1, 0.15) is 0 Å². The third kappa shape index (κ3) is 8.97. The van der Waals surface area contributed by atoms with Crippen LogP contribution in [0.3, 0.4) is 0 Å². The molecule has 0 aliphatic rings. The summed E-state index contributed by atoms with van der Waals surface area (Å²) < 4.78 is 0. The van der Waals surface area contributed by atoms with Gasteiger partial charge in [-0.05, 0) is 6.92 Å². The fourth-order valence-electron chi connectivity index (χ4n) is 0. The summed E-state index contributed by atoms with van der Waals surface area (Å²) >= 11 is 0. The Labute approximate surface area is 48.2 Å². The smallest absolute Gasteiger partial charge is 0.691 e. The zero-order valence-electron chi connectivity index (χ0n) is 3.33. The van der Waals surface area contributed by atoms with E-state index in [2.05, 4.69) is 0 Å². The van der Waals surface area contributed by atoms with Gasteiger partial charge in [-0.25, -0.2) is 0 Å². The van der Waals surface area contributed by atoms with E-state index < -0.39 is 6.10 Å². The average Bonchev–Trinajstić information content (AvgIpc) is 1.38. The molecule has 1 atom stereocenters. The summed E-state index contributed by atoms with van der Waals surface area (Å²) in [6, 6.07) is 0. The van der Waals surface area contributed by atoms with Gasteiger partial charge >= 0.3 is 17.1 Å². The van der Waals surface area contributed by atoms with Crippen LogP contribution in [0.25, 0.3) is 0 Å². The molecule has 0 saturated carbocycles. The predicted molar refractivity (Wildman–Crippen MR) is 18.8 cm³/mol. The number of aliphatic hydroxyl groups excluding tert-OH is 1. The van der Waals surface area contributed by atoms with Gasteiger partial charge in [0.15, 0.2) is 0 Å². The van der Waals surface area contributed by atoms with Crippen molar-refractivity contribution in [3.05, 3.63) is 6.42 Å². The molecular formula is C4H5CuO. The maximum atomic E-state index is 8.06. The number of rotatable bonds is 0. The van der Waals surface area contributed by atoms with Crippen LogP contribution in [-0.4, -0.2) is 11.2 Å². The third-order valence-corrected chi connectivity index (χ3v) is 0.209. The molecule has 0 aliphatic heterocycles. The van der Waals surface area contributed by atoms with E-state index in [9.17, 15) is 0 Å². The Kier molecular flexibility index (Phi) is 7.90. The maximum absolute atomic E-state index is 8.06. The fourth-order valence-corrected chi connectivity index (χ4v) is 0. The van der Waals surface area contributed by atoms with Crippen molar-refractivity contribution in [2.45, 2.75) is 13.0 Å². The average molecular weight is 133 g/mol. The summed E-state index contributed by atoms with van der Waals surface area (Å²) in [6.07, 6.45) is 5.46. The molecule has 1 nitrogen and oxygen atoms in total. The van der Waals surface area contributed by atoms with Gasteiger partial charge in [0, 0.05) is 0 Å². The fraction of sp³-hybridized carbons (Fsp3) is 0.500. The molecule has 0 amide bonds. The van der Waals surface area contributed by atoms with E-state index in [1.807, 2.05) is 5.92 Å². The van der Waals surface area contributed by atoms with Crippen molar-refractivity contribution < 1.29 is 22.2 Å². The minimum absolute atomic E-state index is 0. The van der Waals surface area contributed by atoms with Crippen molar-refractivity contribution in [2.75, 3.05) is 0 Å². The minimum Gasteiger partial charge on any atom is -0.691 e. The summed E-state index contributed by atoms with van der Waals surface area (Å²) in [5, 5.41) is 8.06. The van der Waals surface area contributed by atoms with Crippen LogP contribution in [0.1, 0.15) is 6.92 Å². The van der Waals surface area contributed by atoms with E-state index in [-0.39, 0.29) is 17.1 Å².